The number of nitrogens with one attached hydrogen (secondary N) is 1. The zero-order valence-electron chi connectivity index (χ0n) is 18.6. The average Bonchev–Trinajstić information content (AvgIpc) is 2.86. The van der Waals surface area contributed by atoms with Crippen LogP contribution in [0.1, 0.15) is 11.1 Å². The summed E-state index contributed by atoms with van der Waals surface area (Å²) >= 11 is 20.5. The highest BCUT2D eigenvalue weighted by molar-refractivity contribution is 9.13. The second-order valence-corrected chi connectivity index (χ2v) is 10.4. The van der Waals surface area contributed by atoms with Crippen LogP contribution in [0.25, 0.3) is 0 Å². The summed E-state index contributed by atoms with van der Waals surface area (Å²) in [7, 11) is 3.15. The minimum atomic E-state index is -0.231. The Balaban J connectivity index is 1.62. The van der Waals surface area contributed by atoms with Gasteiger partial charge in [-0.1, -0.05) is 29.3 Å². The molecule has 0 unspecified atom stereocenters. The Hall–Kier alpha value is -1.91. The van der Waals surface area contributed by atoms with Crippen LogP contribution in [0.5, 0.6) is 17.2 Å². The zero-order chi connectivity index (χ0) is 25.4. The second-order valence-electron chi connectivity index (χ2n) is 6.92. The van der Waals surface area contributed by atoms with Gasteiger partial charge in [-0.3, -0.25) is 4.79 Å². The molecule has 0 saturated heterocycles. The highest BCUT2D eigenvalue weighted by Crippen LogP contribution is 2.42. The predicted octanol–water partition coefficient (Wildman–Crippen LogP) is 7.36. The van der Waals surface area contributed by atoms with E-state index >= 15 is 0 Å². The molecule has 0 saturated carbocycles. The second kappa shape index (κ2) is 13.4. The number of benzene rings is 3. The van der Waals surface area contributed by atoms with Crippen LogP contribution >= 0.6 is 66.8 Å². The van der Waals surface area contributed by atoms with E-state index < -0.39 is 0 Å². The fraction of sp³-hybridized carbons (Fsp3) is 0.167. The Bertz CT molecular complexity index is 1230. The molecule has 35 heavy (non-hydrogen) atoms. The van der Waals surface area contributed by atoms with Gasteiger partial charge in [-0.15, -0.1) is 11.8 Å². The summed E-state index contributed by atoms with van der Waals surface area (Å²) in [5.74, 6) is 1.75. The maximum absolute atomic E-state index is 12.2. The molecule has 0 heterocycles. The number of nitrogens with zero attached hydrogens (tertiary/aromatic N) is 1. The van der Waals surface area contributed by atoms with Crippen molar-refractivity contribution in [3.63, 3.8) is 0 Å². The van der Waals surface area contributed by atoms with Crippen LogP contribution < -0.4 is 19.6 Å². The van der Waals surface area contributed by atoms with Gasteiger partial charge < -0.3 is 14.2 Å². The Morgan fingerprint density at radius 1 is 1.03 bits per heavy atom. The fourth-order valence-electron chi connectivity index (χ4n) is 2.80. The van der Waals surface area contributed by atoms with Crippen LogP contribution in [0.15, 0.2) is 67.5 Å². The molecule has 0 fully saturated rings. The lowest BCUT2D eigenvalue weighted by atomic mass is 10.2. The largest absolute Gasteiger partial charge is 0.497 e. The van der Waals surface area contributed by atoms with E-state index in [1.165, 1.54) is 18.0 Å². The molecule has 1 N–H and O–H groups in total. The van der Waals surface area contributed by atoms with Crippen molar-refractivity contribution in [3.8, 4) is 17.2 Å². The fourth-order valence-corrected chi connectivity index (χ4v) is 4.74. The zero-order valence-corrected chi connectivity index (χ0v) is 24.1. The van der Waals surface area contributed by atoms with Gasteiger partial charge in [0.25, 0.3) is 0 Å². The normalized spacial score (nSPS) is 10.9. The van der Waals surface area contributed by atoms with Crippen LogP contribution in [0.4, 0.5) is 0 Å². The third kappa shape index (κ3) is 7.79. The highest BCUT2D eigenvalue weighted by atomic mass is 79.9. The van der Waals surface area contributed by atoms with E-state index in [1.54, 1.807) is 32.4 Å². The van der Waals surface area contributed by atoms with E-state index in [2.05, 4.69) is 42.4 Å². The molecular formula is C24H20Br2Cl2N2O4S. The molecule has 3 aromatic carbocycles. The summed E-state index contributed by atoms with van der Waals surface area (Å²) in [5.41, 5.74) is 4.06. The lowest BCUT2D eigenvalue weighted by Gasteiger charge is -2.15. The van der Waals surface area contributed by atoms with Crippen molar-refractivity contribution in [2.24, 2.45) is 5.10 Å². The summed E-state index contributed by atoms with van der Waals surface area (Å²) in [6.07, 6.45) is 1.52. The number of ether oxygens (including phenoxy) is 3. The van der Waals surface area contributed by atoms with Crippen LogP contribution in [0.2, 0.25) is 10.0 Å². The molecule has 1 amide bonds. The quantitative estimate of drug-likeness (QED) is 0.140. The third-order valence-electron chi connectivity index (χ3n) is 4.57. The van der Waals surface area contributed by atoms with Gasteiger partial charge in [0.15, 0.2) is 11.5 Å². The van der Waals surface area contributed by atoms with Crippen molar-refractivity contribution in [1.29, 1.82) is 0 Å². The topological polar surface area (TPSA) is 69.2 Å². The summed E-state index contributed by atoms with van der Waals surface area (Å²) in [6.45, 7) is 0.258. The van der Waals surface area contributed by atoms with Crippen molar-refractivity contribution >= 4 is 78.9 Å². The number of methoxy groups -OCH3 is 2. The first-order chi connectivity index (χ1) is 16.8. The summed E-state index contributed by atoms with van der Waals surface area (Å²) in [6, 6.07) is 14.5. The Labute approximate surface area is 234 Å². The molecule has 0 atom stereocenters. The molecule has 6 nitrogen and oxygen atoms in total. The third-order valence-corrected chi connectivity index (χ3v) is 8.46. The van der Waals surface area contributed by atoms with Gasteiger partial charge >= 0.3 is 0 Å². The number of amides is 1. The number of hydrogen-bond donors (Lipinski definition) is 1. The van der Waals surface area contributed by atoms with Gasteiger partial charge in [-0.25, -0.2) is 5.43 Å². The van der Waals surface area contributed by atoms with Crippen LogP contribution in [-0.4, -0.2) is 32.1 Å². The predicted molar refractivity (Wildman–Crippen MR) is 149 cm³/mol. The van der Waals surface area contributed by atoms with Crippen molar-refractivity contribution in [2.75, 3.05) is 20.0 Å². The van der Waals surface area contributed by atoms with E-state index in [4.69, 9.17) is 37.4 Å². The van der Waals surface area contributed by atoms with E-state index in [9.17, 15) is 4.79 Å². The van der Waals surface area contributed by atoms with Gasteiger partial charge in [0.2, 0.25) is 5.91 Å². The number of carbonyl (C=O) groups excluding carboxylic acids is 1. The van der Waals surface area contributed by atoms with E-state index in [1.807, 2.05) is 30.3 Å². The standard InChI is InChI=1S/C24H20Br2Cl2N2O4S/c1-32-16-4-6-17(7-5-16)35-13-21(31)30-29-11-15-10-20(33-2)24(23(26)22(15)25)34-12-14-3-8-18(27)19(28)9-14/h3-11H,12-13H2,1-2H3,(H,30,31)/b29-11+. The molecule has 0 bridgehead atoms. The van der Waals surface area contributed by atoms with Crippen LogP contribution in [-0.2, 0) is 11.4 Å². The van der Waals surface area contributed by atoms with Crippen molar-refractivity contribution in [1.82, 2.24) is 5.43 Å². The summed E-state index contributed by atoms with van der Waals surface area (Å²) in [4.78, 5) is 13.1. The van der Waals surface area contributed by atoms with Crippen molar-refractivity contribution in [3.05, 3.63) is 78.6 Å². The number of thioether (sulfide) groups is 1. The Morgan fingerprint density at radius 3 is 2.43 bits per heavy atom. The maximum Gasteiger partial charge on any atom is 0.250 e. The first kappa shape index (κ1) is 27.7. The van der Waals surface area contributed by atoms with Crippen molar-refractivity contribution in [2.45, 2.75) is 11.5 Å². The number of hydrazone groups is 1. The summed E-state index contributed by atoms with van der Waals surface area (Å²) < 4.78 is 17.9. The molecule has 0 aliphatic heterocycles. The molecule has 0 spiro atoms. The van der Waals surface area contributed by atoms with E-state index in [-0.39, 0.29) is 18.3 Å². The first-order valence-corrected chi connectivity index (χ1v) is 13.4. The highest BCUT2D eigenvalue weighted by Gasteiger charge is 2.17. The minimum absolute atomic E-state index is 0.222. The maximum atomic E-state index is 12.2. The lowest BCUT2D eigenvalue weighted by molar-refractivity contribution is -0.118. The van der Waals surface area contributed by atoms with Gasteiger partial charge in [0.1, 0.15) is 12.4 Å². The van der Waals surface area contributed by atoms with E-state index in [0.717, 1.165) is 16.2 Å². The SMILES string of the molecule is COc1ccc(SCC(=O)N/N=C/c2cc(OC)c(OCc3ccc(Cl)c(Cl)c3)c(Br)c2Br)cc1. The number of rotatable bonds is 10. The molecular weight excluding hydrogens is 643 g/mol. The van der Waals surface area contributed by atoms with Crippen LogP contribution in [0, 0.1) is 0 Å². The summed E-state index contributed by atoms with van der Waals surface area (Å²) in [5, 5.41) is 5.00. The molecule has 11 heteroatoms. The molecule has 0 aromatic heterocycles. The number of carbonyl (C=O) groups is 1. The van der Waals surface area contributed by atoms with Crippen molar-refractivity contribution < 1.29 is 19.0 Å². The average molecular weight is 663 g/mol. The molecule has 3 aromatic rings. The molecule has 3 rings (SSSR count). The molecule has 184 valence electrons. The molecule has 0 aliphatic carbocycles. The molecule has 0 radical (unpaired) electrons. The Morgan fingerprint density at radius 2 is 1.77 bits per heavy atom. The number of hydrogen-bond acceptors (Lipinski definition) is 6. The molecule has 0 aliphatic rings. The van der Waals surface area contributed by atoms with E-state index in [0.29, 0.717) is 36.1 Å². The minimum Gasteiger partial charge on any atom is -0.497 e. The van der Waals surface area contributed by atoms with Gasteiger partial charge in [0.05, 0.1) is 40.7 Å². The van der Waals surface area contributed by atoms with Gasteiger partial charge in [-0.05, 0) is 79.9 Å². The van der Waals surface area contributed by atoms with Gasteiger partial charge in [0, 0.05) is 14.9 Å². The monoisotopic (exact) mass is 660 g/mol. The first-order valence-electron chi connectivity index (χ1n) is 10.0. The lowest BCUT2D eigenvalue weighted by Crippen LogP contribution is -2.19. The van der Waals surface area contributed by atoms with Gasteiger partial charge in [-0.2, -0.15) is 5.10 Å². The Kier molecular flexibility index (Phi) is 10.6. The van der Waals surface area contributed by atoms with Crippen LogP contribution in [0.3, 0.4) is 0 Å². The smallest absolute Gasteiger partial charge is 0.250 e. The number of halogens is 4.